The molecule has 5 aromatic rings. The van der Waals surface area contributed by atoms with Gasteiger partial charge >= 0.3 is 0 Å². The third kappa shape index (κ3) is 3.45. The second-order valence-electron chi connectivity index (χ2n) is 7.35. The van der Waals surface area contributed by atoms with E-state index in [1.54, 1.807) is 24.3 Å². The zero-order valence-corrected chi connectivity index (χ0v) is 17.8. The van der Waals surface area contributed by atoms with Gasteiger partial charge in [0.05, 0.1) is 23.0 Å². The van der Waals surface area contributed by atoms with E-state index in [9.17, 15) is 8.76 Å². The highest BCUT2D eigenvalue weighted by molar-refractivity contribution is 7.88. The number of imidazole rings is 1. The molecule has 5 rings (SSSR count). The molecule has 7 nitrogen and oxygen atoms in total. The Balaban J connectivity index is 1.82. The SMILES string of the molecule is Cc1ccc(S(=O)(O)=Nc2nc3ccccc3nc2-n2c[n+](C)c3ccccc32)cc1. The molecule has 0 aliphatic rings. The highest BCUT2D eigenvalue weighted by Gasteiger charge is 2.22. The van der Waals surface area contributed by atoms with Crippen molar-refractivity contribution >= 4 is 37.9 Å². The van der Waals surface area contributed by atoms with Crippen molar-refractivity contribution < 1.29 is 13.3 Å². The van der Waals surface area contributed by atoms with Gasteiger partial charge in [0, 0.05) is 0 Å². The predicted octanol–water partition coefficient (Wildman–Crippen LogP) is 4.34. The Labute approximate surface area is 179 Å². The van der Waals surface area contributed by atoms with Gasteiger partial charge in [-0.1, -0.05) is 42.0 Å². The number of aromatic nitrogens is 4. The first-order valence-corrected chi connectivity index (χ1v) is 11.2. The molecule has 31 heavy (non-hydrogen) atoms. The highest BCUT2D eigenvalue weighted by atomic mass is 32.2. The summed E-state index contributed by atoms with van der Waals surface area (Å²) in [5.41, 5.74) is 4.16. The standard InChI is InChI=1S/C23H19N5O2S/c1-16-11-13-17(14-12-16)31(29,30)26-22-23(25-19-8-4-3-7-18(19)24-22)28-15-27(2)20-9-5-6-10-21(20)28/h3-15H,1-2H3/p+1. The quantitative estimate of drug-likeness (QED) is 0.432. The summed E-state index contributed by atoms with van der Waals surface area (Å²) in [6, 6.07) is 22.1. The number of benzene rings is 3. The third-order valence-corrected chi connectivity index (χ3v) is 6.42. The van der Waals surface area contributed by atoms with Gasteiger partial charge in [0.15, 0.2) is 21.0 Å². The van der Waals surface area contributed by atoms with Crippen LogP contribution in [0.5, 0.6) is 0 Å². The van der Waals surface area contributed by atoms with Crippen LogP contribution in [0.3, 0.4) is 0 Å². The summed E-state index contributed by atoms with van der Waals surface area (Å²) < 4.78 is 32.0. The average molecular weight is 431 g/mol. The van der Waals surface area contributed by atoms with E-state index in [1.165, 1.54) is 0 Å². The summed E-state index contributed by atoms with van der Waals surface area (Å²) in [6.45, 7) is 1.92. The Bertz CT molecular complexity index is 1560. The maximum absolute atomic E-state index is 13.2. The Kier molecular flexibility index (Phi) is 4.53. The lowest BCUT2D eigenvalue weighted by molar-refractivity contribution is -0.645. The van der Waals surface area contributed by atoms with Crippen LogP contribution in [0.15, 0.2) is 88.4 Å². The molecule has 8 heteroatoms. The molecule has 0 saturated carbocycles. The summed E-state index contributed by atoms with van der Waals surface area (Å²) in [6.07, 6.45) is 1.87. The van der Waals surface area contributed by atoms with Crippen LogP contribution in [-0.2, 0) is 17.1 Å². The van der Waals surface area contributed by atoms with Crippen molar-refractivity contribution in [1.82, 2.24) is 14.5 Å². The summed E-state index contributed by atoms with van der Waals surface area (Å²) in [5, 5.41) is 0. The van der Waals surface area contributed by atoms with Crippen LogP contribution < -0.4 is 4.57 Å². The fourth-order valence-corrected chi connectivity index (χ4v) is 4.48. The van der Waals surface area contributed by atoms with Crippen molar-refractivity contribution in [2.45, 2.75) is 11.8 Å². The molecule has 0 spiro atoms. The Hall–Kier alpha value is -3.62. The molecule has 1 unspecified atom stereocenters. The molecule has 1 N–H and O–H groups in total. The van der Waals surface area contributed by atoms with E-state index in [0.717, 1.165) is 16.6 Å². The summed E-state index contributed by atoms with van der Waals surface area (Å²) in [4.78, 5) is 9.58. The number of fused-ring (bicyclic) bond motifs is 2. The molecule has 2 aromatic heterocycles. The van der Waals surface area contributed by atoms with Crippen LogP contribution >= 0.6 is 0 Å². The lowest BCUT2D eigenvalue weighted by Gasteiger charge is -2.07. The zero-order valence-electron chi connectivity index (χ0n) is 17.0. The molecule has 0 fully saturated rings. The summed E-state index contributed by atoms with van der Waals surface area (Å²) in [5.74, 6) is 0.498. The van der Waals surface area contributed by atoms with Crippen molar-refractivity contribution in [3.05, 3.63) is 84.7 Å². The van der Waals surface area contributed by atoms with E-state index in [1.807, 2.05) is 78.0 Å². The maximum Gasteiger partial charge on any atom is 0.273 e. The van der Waals surface area contributed by atoms with E-state index < -0.39 is 10.0 Å². The van der Waals surface area contributed by atoms with Gasteiger partial charge in [-0.05, 0) is 43.3 Å². The molecule has 0 bridgehead atoms. The van der Waals surface area contributed by atoms with Crippen LogP contribution in [-0.4, -0.2) is 23.3 Å². The normalized spacial score (nSPS) is 13.4. The maximum atomic E-state index is 13.2. The fourth-order valence-electron chi connectivity index (χ4n) is 3.52. The molecule has 0 saturated heterocycles. The van der Waals surface area contributed by atoms with Crippen molar-refractivity contribution in [2.75, 3.05) is 0 Å². The average Bonchev–Trinajstić information content (AvgIpc) is 3.10. The third-order valence-electron chi connectivity index (χ3n) is 5.11. The van der Waals surface area contributed by atoms with Crippen LogP contribution in [0.25, 0.3) is 27.9 Å². The van der Waals surface area contributed by atoms with Crippen LogP contribution in [0.2, 0.25) is 0 Å². The smallest absolute Gasteiger partial charge is 0.273 e. The number of nitrogens with zero attached hydrogens (tertiary/aromatic N) is 5. The molecule has 2 heterocycles. The molecular weight excluding hydrogens is 410 g/mol. The highest BCUT2D eigenvalue weighted by Crippen LogP contribution is 2.28. The number of hydrogen-bond acceptors (Lipinski definition) is 4. The van der Waals surface area contributed by atoms with E-state index in [4.69, 9.17) is 4.98 Å². The first kappa shape index (κ1) is 19.3. The second-order valence-corrected chi connectivity index (χ2v) is 8.99. The van der Waals surface area contributed by atoms with Crippen molar-refractivity contribution in [3.8, 4) is 5.82 Å². The molecule has 0 aliphatic carbocycles. The number of hydrogen-bond donors (Lipinski definition) is 1. The minimum atomic E-state index is -3.72. The van der Waals surface area contributed by atoms with Gasteiger partial charge in [-0.3, -0.25) is 4.55 Å². The van der Waals surface area contributed by atoms with Gasteiger partial charge < -0.3 is 0 Å². The van der Waals surface area contributed by atoms with Crippen molar-refractivity contribution in [3.63, 3.8) is 0 Å². The fraction of sp³-hybridized carbons (Fsp3) is 0.0870. The predicted molar refractivity (Wildman–Crippen MR) is 120 cm³/mol. The van der Waals surface area contributed by atoms with Crippen molar-refractivity contribution in [2.24, 2.45) is 11.4 Å². The minimum absolute atomic E-state index is 0.105. The largest absolute Gasteiger partial charge is 0.296 e. The van der Waals surface area contributed by atoms with Gasteiger partial charge in [0.1, 0.15) is 0 Å². The molecule has 0 aliphatic heterocycles. The van der Waals surface area contributed by atoms with E-state index in [-0.39, 0.29) is 10.7 Å². The lowest BCUT2D eigenvalue weighted by atomic mass is 10.2. The Morgan fingerprint density at radius 3 is 2.32 bits per heavy atom. The van der Waals surface area contributed by atoms with Gasteiger partial charge in [-0.2, -0.15) is 4.57 Å². The van der Waals surface area contributed by atoms with E-state index >= 15 is 0 Å². The van der Waals surface area contributed by atoms with Gasteiger partial charge in [-0.25, -0.2) is 18.7 Å². The van der Waals surface area contributed by atoms with Gasteiger partial charge in [-0.15, -0.1) is 4.36 Å². The number of para-hydroxylation sites is 4. The van der Waals surface area contributed by atoms with Crippen LogP contribution in [0, 0.1) is 6.92 Å². The molecule has 154 valence electrons. The molecule has 1 atom stereocenters. The second kappa shape index (κ2) is 7.26. The Morgan fingerprint density at radius 1 is 0.935 bits per heavy atom. The van der Waals surface area contributed by atoms with Crippen molar-refractivity contribution in [1.29, 1.82) is 0 Å². The van der Waals surface area contributed by atoms with Crippen LogP contribution in [0.1, 0.15) is 5.56 Å². The van der Waals surface area contributed by atoms with Crippen LogP contribution in [0.4, 0.5) is 5.82 Å². The van der Waals surface area contributed by atoms with E-state index in [2.05, 4.69) is 9.35 Å². The summed E-state index contributed by atoms with van der Waals surface area (Å²) in [7, 11) is -1.79. The lowest BCUT2D eigenvalue weighted by Crippen LogP contribution is -2.25. The summed E-state index contributed by atoms with van der Waals surface area (Å²) >= 11 is 0. The monoisotopic (exact) mass is 430 g/mol. The zero-order chi connectivity index (χ0) is 21.6. The molecule has 0 radical (unpaired) electrons. The number of rotatable bonds is 3. The van der Waals surface area contributed by atoms with Gasteiger partial charge in [0.2, 0.25) is 5.82 Å². The van der Waals surface area contributed by atoms with E-state index in [0.29, 0.717) is 16.9 Å². The topological polar surface area (TPSA) is 84.2 Å². The Morgan fingerprint density at radius 2 is 1.58 bits per heavy atom. The first-order chi connectivity index (χ1) is 14.9. The number of aryl methyl sites for hydroxylation is 2. The molecule has 3 aromatic carbocycles. The molecule has 0 amide bonds. The molecular formula is C23H20N5O2S+. The van der Waals surface area contributed by atoms with Gasteiger partial charge in [0.25, 0.3) is 12.1 Å². The minimum Gasteiger partial charge on any atom is -0.296 e. The first-order valence-electron chi connectivity index (χ1n) is 9.71.